The van der Waals surface area contributed by atoms with E-state index in [4.69, 9.17) is 5.73 Å². The lowest BCUT2D eigenvalue weighted by molar-refractivity contribution is 0.0697. The van der Waals surface area contributed by atoms with Gasteiger partial charge in [-0.1, -0.05) is 43.5 Å². The molecule has 0 atom stereocenters. The van der Waals surface area contributed by atoms with Crippen LogP contribution < -0.4 is 5.73 Å². The number of benzene rings is 2. The van der Waals surface area contributed by atoms with Crippen molar-refractivity contribution in [1.82, 2.24) is 9.13 Å². The Morgan fingerprint density at radius 1 is 1.03 bits per heavy atom. The first-order chi connectivity index (χ1) is 15.7. The fourth-order valence-electron chi connectivity index (χ4n) is 6.20. The molecular formula is C27H29N3O2. The smallest absolute Gasteiger partial charge is 0.335 e. The molecule has 0 bridgehead atoms. The maximum Gasteiger partial charge on any atom is 0.335 e. The maximum atomic E-state index is 11.8. The summed E-state index contributed by atoms with van der Waals surface area (Å²) in [7, 11) is 0. The number of para-hydroxylation sites is 1. The molecule has 6 rings (SSSR count). The van der Waals surface area contributed by atoms with Crippen LogP contribution in [-0.2, 0) is 19.6 Å². The average Bonchev–Trinajstić information content (AvgIpc) is 3.33. The Hall–Kier alpha value is -3.05. The second-order valence-electron chi connectivity index (χ2n) is 9.39. The third-order valence-electron chi connectivity index (χ3n) is 7.60. The molecule has 1 aliphatic carbocycles. The van der Waals surface area contributed by atoms with Crippen molar-refractivity contribution in [3.63, 3.8) is 0 Å². The summed E-state index contributed by atoms with van der Waals surface area (Å²) >= 11 is 0. The van der Waals surface area contributed by atoms with Crippen LogP contribution in [0.2, 0.25) is 0 Å². The molecule has 2 aromatic heterocycles. The van der Waals surface area contributed by atoms with Crippen LogP contribution in [0.5, 0.6) is 0 Å². The number of nitrogens with zero attached hydrogens (tertiary/aromatic N) is 2. The lowest BCUT2D eigenvalue weighted by atomic mass is 9.81. The van der Waals surface area contributed by atoms with Gasteiger partial charge in [0.25, 0.3) is 0 Å². The van der Waals surface area contributed by atoms with Crippen molar-refractivity contribution in [2.75, 3.05) is 0 Å². The van der Waals surface area contributed by atoms with Crippen LogP contribution in [0.4, 0.5) is 0 Å². The van der Waals surface area contributed by atoms with Gasteiger partial charge in [-0.25, -0.2) is 4.79 Å². The van der Waals surface area contributed by atoms with Crippen LogP contribution in [0.1, 0.15) is 65.9 Å². The molecule has 164 valence electrons. The Balaban J connectivity index is 1.73. The molecule has 5 nitrogen and oxygen atoms in total. The lowest BCUT2D eigenvalue weighted by Gasteiger charge is -2.25. The van der Waals surface area contributed by atoms with Gasteiger partial charge in [-0.05, 0) is 48.4 Å². The quantitative estimate of drug-likeness (QED) is 0.429. The van der Waals surface area contributed by atoms with Gasteiger partial charge in [0.15, 0.2) is 0 Å². The number of fused-ring (bicyclic) bond motifs is 4. The molecule has 5 heteroatoms. The normalized spacial score (nSPS) is 16.8. The fraction of sp³-hybridized carbons (Fsp3) is 0.370. The van der Waals surface area contributed by atoms with E-state index in [0.717, 1.165) is 25.0 Å². The van der Waals surface area contributed by atoms with Gasteiger partial charge in [0.2, 0.25) is 0 Å². The van der Waals surface area contributed by atoms with Crippen LogP contribution in [0, 0.1) is 0 Å². The largest absolute Gasteiger partial charge is 0.478 e. The van der Waals surface area contributed by atoms with Gasteiger partial charge in [-0.3, -0.25) is 0 Å². The number of aryl methyl sites for hydroxylation is 2. The number of aromatic nitrogens is 2. The standard InChI is InChI=1S/C27H29N3O2/c28-15-19-16-29-12-5-13-30-23-14-18(27(31)32)10-11-21(23)24(17-6-2-1-3-7-17)26(30)22-9-4-8-20(19)25(22)29/h4,8-11,14,16-17H,1-3,5-7,12-13,15,28H2,(H,31,32). The minimum Gasteiger partial charge on any atom is -0.478 e. The number of rotatable bonds is 3. The van der Waals surface area contributed by atoms with Crippen LogP contribution in [-0.4, -0.2) is 20.2 Å². The maximum absolute atomic E-state index is 11.8. The monoisotopic (exact) mass is 427 g/mol. The van der Waals surface area contributed by atoms with E-state index in [9.17, 15) is 9.90 Å². The zero-order chi connectivity index (χ0) is 21.8. The van der Waals surface area contributed by atoms with Crippen LogP contribution in [0.15, 0.2) is 42.6 Å². The molecule has 3 N–H and O–H groups in total. The van der Waals surface area contributed by atoms with Crippen molar-refractivity contribution in [2.24, 2.45) is 5.73 Å². The minimum absolute atomic E-state index is 0.363. The predicted molar refractivity (Wildman–Crippen MR) is 128 cm³/mol. The molecule has 1 saturated carbocycles. The zero-order valence-corrected chi connectivity index (χ0v) is 18.3. The Kier molecular flexibility index (Phi) is 4.61. The first-order valence-corrected chi connectivity index (χ1v) is 11.9. The van der Waals surface area contributed by atoms with Gasteiger partial charge in [0, 0.05) is 47.7 Å². The van der Waals surface area contributed by atoms with E-state index in [2.05, 4.69) is 39.6 Å². The van der Waals surface area contributed by atoms with Gasteiger partial charge in [-0.15, -0.1) is 0 Å². The number of hydrogen-bond donors (Lipinski definition) is 2. The summed E-state index contributed by atoms with van der Waals surface area (Å²) in [6, 6.07) is 12.3. The Labute approximate surface area is 187 Å². The highest BCUT2D eigenvalue weighted by atomic mass is 16.4. The topological polar surface area (TPSA) is 73.2 Å². The molecule has 2 aromatic carbocycles. The number of carboxylic acid groups (broad SMARTS) is 1. The molecule has 0 saturated heterocycles. The molecular weight excluding hydrogens is 398 g/mol. The Morgan fingerprint density at radius 3 is 2.66 bits per heavy atom. The van der Waals surface area contributed by atoms with E-state index in [1.165, 1.54) is 70.8 Å². The second-order valence-corrected chi connectivity index (χ2v) is 9.39. The highest BCUT2D eigenvalue weighted by Crippen LogP contribution is 2.46. The summed E-state index contributed by atoms with van der Waals surface area (Å²) in [4.78, 5) is 11.8. The average molecular weight is 428 g/mol. The molecule has 0 unspecified atom stereocenters. The number of carboxylic acids is 1. The number of aromatic carboxylic acids is 1. The van der Waals surface area contributed by atoms with Gasteiger partial charge < -0.3 is 20.0 Å². The molecule has 4 aromatic rings. The van der Waals surface area contributed by atoms with E-state index in [1.54, 1.807) is 6.07 Å². The number of nitrogens with two attached hydrogens (primary N) is 1. The highest BCUT2D eigenvalue weighted by molar-refractivity contribution is 6.03. The third kappa shape index (κ3) is 2.84. The van der Waals surface area contributed by atoms with E-state index in [1.807, 2.05) is 6.07 Å². The highest BCUT2D eigenvalue weighted by Gasteiger charge is 2.29. The van der Waals surface area contributed by atoms with Crippen molar-refractivity contribution in [3.8, 4) is 11.3 Å². The van der Waals surface area contributed by atoms with E-state index < -0.39 is 5.97 Å². The summed E-state index contributed by atoms with van der Waals surface area (Å²) in [5, 5.41) is 12.1. The molecule has 3 heterocycles. The van der Waals surface area contributed by atoms with Crippen molar-refractivity contribution < 1.29 is 9.90 Å². The summed E-state index contributed by atoms with van der Waals surface area (Å²) in [5.41, 5.74) is 14.0. The van der Waals surface area contributed by atoms with Crippen LogP contribution in [0.25, 0.3) is 33.1 Å². The third-order valence-corrected chi connectivity index (χ3v) is 7.60. The molecule has 0 amide bonds. The van der Waals surface area contributed by atoms with Crippen LogP contribution in [0.3, 0.4) is 0 Å². The molecule has 1 aliphatic heterocycles. The van der Waals surface area contributed by atoms with Crippen molar-refractivity contribution in [1.29, 1.82) is 0 Å². The minimum atomic E-state index is -0.865. The van der Waals surface area contributed by atoms with Crippen molar-refractivity contribution in [3.05, 3.63) is 59.3 Å². The summed E-state index contributed by atoms with van der Waals surface area (Å²) in [6.07, 6.45) is 9.49. The van der Waals surface area contributed by atoms with Gasteiger partial charge in [-0.2, -0.15) is 0 Å². The van der Waals surface area contributed by atoms with Gasteiger partial charge in [0.1, 0.15) is 0 Å². The molecule has 0 radical (unpaired) electrons. The molecule has 32 heavy (non-hydrogen) atoms. The van der Waals surface area contributed by atoms with Gasteiger partial charge >= 0.3 is 5.97 Å². The van der Waals surface area contributed by atoms with Gasteiger partial charge in [0.05, 0.1) is 16.8 Å². The van der Waals surface area contributed by atoms with Crippen LogP contribution >= 0.6 is 0 Å². The second kappa shape index (κ2) is 7.52. The Morgan fingerprint density at radius 2 is 1.88 bits per heavy atom. The zero-order valence-electron chi connectivity index (χ0n) is 18.3. The fourth-order valence-corrected chi connectivity index (χ4v) is 6.20. The molecule has 0 spiro atoms. The SMILES string of the molecule is NCc1cn2c3c(cccc13)-c1c(C3CCCCC3)c3ccc(C(=O)O)cc3n1CCC2. The first-order valence-electron chi connectivity index (χ1n) is 11.9. The number of carbonyl (C=O) groups is 1. The number of hydrogen-bond acceptors (Lipinski definition) is 2. The molecule has 2 aliphatic rings. The van der Waals surface area contributed by atoms with E-state index in [-0.39, 0.29) is 0 Å². The van der Waals surface area contributed by atoms with Crippen molar-refractivity contribution >= 4 is 27.8 Å². The Bertz CT molecular complexity index is 1350. The molecule has 1 fully saturated rings. The lowest BCUT2D eigenvalue weighted by Crippen LogP contribution is -2.11. The summed E-state index contributed by atoms with van der Waals surface area (Å²) in [5.74, 6) is -0.346. The van der Waals surface area contributed by atoms with Crippen molar-refractivity contribution in [2.45, 2.75) is 64.1 Å². The first kappa shape index (κ1) is 19.6. The van der Waals surface area contributed by atoms with E-state index >= 15 is 0 Å². The predicted octanol–water partition coefficient (Wildman–Crippen LogP) is 5.87. The summed E-state index contributed by atoms with van der Waals surface area (Å²) in [6.45, 7) is 2.35. The van der Waals surface area contributed by atoms with E-state index in [0.29, 0.717) is 18.0 Å². The summed E-state index contributed by atoms with van der Waals surface area (Å²) < 4.78 is 4.81.